The summed E-state index contributed by atoms with van der Waals surface area (Å²) in [4.78, 5) is 90.7. The van der Waals surface area contributed by atoms with Gasteiger partial charge in [-0.05, 0) is 73.7 Å². The summed E-state index contributed by atoms with van der Waals surface area (Å²) >= 11 is 0. The van der Waals surface area contributed by atoms with Crippen LogP contribution in [0.3, 0.4) is 0 Å². The number of benzene rings is 2. The number of ether oxygens (including phenoxy) is 1. The molecule has 21 heteroatoms. The number of nitrogens with one attached hydrogen (secondary N) is 4. The van der Waals surface area contributed by atoms with Crippen LogP contribution in [0.2, 0.25) is 0 Å². The van der Waals surface area contributed by atoms with E-state index in [4.69, 9.17) is 9.15 Å². The zero-order valence-corrected chi connectivity index (χ0v) is 35.5. The minimum Gasteiger partial charge on any atom is -0.444 e. The minimum atomic E-state index is -3.00. The maximum atomic E-state index is 14.1. The van der Waals surface area contributed by atoms with Crippen molar-refractivity contribution < 1.29 is 46.7 Å². The highest BCUT2D eigenvalue weighted by atomic mass is 19.3. The monoisotopic (exact) mass is 905 g/mol. The number of fused-ring (bicyclic) bond motifs is 1. The van der Waals surface area contributed by atoms with E-state index >= 15 is 0 Å². The molecule has 1 atom stereocenters. The zero-order valence-electron chi connectivity index (χ0n) is 35.5. The first kappa shape index (κ1) is 43.8. The number of pyridine rings is 1. The molecule has 3 fully saturated rings. The molecule has 3 aromatic heterocycles. The van der Waals surface area contributed by atoms with E-state index in [9.17, 15) is 37.5 Å². The predicted octanol–water partition coefficient (Wildman–Crippen LogP) is 3.90. The van der Waals surface area contributed by atoms with Crippen LogP contribution in [0.25, 0.3) is 17.1 Å². The lowest BCUT2D eigenvalue weighted by Crippen LogP contribution is -2.54. The molecule has 9 rings (SSSR count). The summed E-state index contributed by atoms with van der Waals surface area (Å²) in [6, 6.07) is 13.7. The first-order valence-corrected chi connectivity index (χ1v) is 21.6. The number of anilines is 3. The Balaban J connectivity index is 0.708. The van der Waals surface area contributed by atoms with Gasteiger partial charge in [-0.25, -0.2) is 23.4 Å². The third-order valence-electron chi connectivity index (χ3n) is 11.8. The number of oxazole rings is 1. The molecular weight excluding hydrogens is 861 g/mol. The fourth-order valence-corrected chi connectivity index (χ4v) is 8.08. The van der Waals surface area contributed by atoms with E-state index < -0.39 is 47.7 Å². The number of nitrogens with zero attached hydrogens (tertiary/aromatic N) is 7. The first-order chi connectivity index (χ1) is 32.0. The molecule has 0 spiro atoms. The molecule has 6 heterocycles. The summed E-state index contributed by atoms with van der Waals surface area (Å²) in [5, 5.41) is 14.8. The van der Waals surface area contributed by atoms with Gasteiger partial charge >= 0.3 is 0 Å². The molecule has 2 saturated heterocycles. The van der Waals surface area contributed by atoms with Crippen LogP contribution in [0, 0.1) is 5.92 Å². The summed E-state index contributed by atoms with van der Waals surface area (Å²) in [7, 11) is 0. The Labute approximate surface area is 375 Å². The van der Waals surface area contributed by atoms with Gasteiger partial charge in [0.05, 0.1) is 47.6 Å². The lowest BCUT2D eigenvalue weighted by molar-refractivity contribution is -0.136. The van der Waals surface area contributed by atoms with E-state index in [1.165, 1.54) is 35.9 Å². The fourth-order valence-electron chi connectivity index (χ4n) is 8.08. The van der Waals surface area contributed by atoms with Gasteiger partial charge in [-0.3, -0.25) is 43.9 Å². The number of carbonyl (C=O) groups excluding carboxylic acids is 6. The molecule has 0 bridgehead atoms. The molecule has 6 amide bonds. The number of hydrogen-bond donors (Lipinski definition) is 4. The summed E-state index contributed by atoms with van der Waals surface area (Å²) in [5.74, 6) is -1.83. The maximum Gasteiger partial charge on any atom is 0.284 e. The molecule has 19 nitrogen and oxygen atoms in total. The van der Waals surface area contributed by atoms with Gasteiger partial charge in [0.15, 0.2) is 11.4 Å². The van der Waals surface area contributed by atoms with Gasteiger partial charge in [0.25, 0.3) is 30.1 Å². The number of alkyl halides is 2. The number of amides is 6. The molecular formula is C45H45F2N11O8. The van der Waals surface area contributed by atoms with E-state index in [0.717, 1.165) is 17.7 Å². The quantitative estimate of drug-likeness (QED) is 0.0768. The van der Waals surface area contributed by atoms with Gasteiger partial charge in [0.2, 0.25) is 17.7 Å². The highest BCUT2D eigenvalue weighted by Gasteiger charge is 2.46. The van der Waals surface area contributed by atoms with Crippen LogP contribution in [-0.4, -0.2) is 130 Å². The molecule has 0 radical (unpaired) electrons. The highest BCUT2D eigenvalue weighted by molar-refractivity contribution is 6.25. The first-order valence-electron chi connectivity index (χ1n) is 21.6. The second kappa shape index (κ2) is 19.0. The lowest BCUT2D eigenvalue weighted by Gasteiger charge is -2.36. The Morgan fingerprint density at radius 2 is 1.74 bits per heavy atom. The third-order valence-corrected chi connectivity index (χ3v) is 11.8. The van der Waals surface area contributed by atoms with Crippen molar-refractivity contribution in [2.24, 2.45) is 5.92 Å². The molecule has 1 unspecified atom stereocenters. The van der Waals surface area contributed by atoms with Crippen molar-refractivity contribution in [1.82, 2.24) is 40.2 Å². The van der Waals surface area contributed by atoms with Gasteiger partial charge in [0.1, 0.15) is 18.1 Å². The van der Waals surface area contributed by atoms with Gasteiger partial charge in [-0.15, -0.1) is 0 Å². The van der Waals surface area contributed by atoms with Crippen LogP contribution >= 0.6 is 0 Å². The SMILES string of the molecule is O=C1CCC(N2C(=O)c3cccc(N4CCN(CCOCCNC(=O)c5ccc(-n6cc(NC(=O)c7coc(-c8ccnc(NCC9CC9)c8)n7)c(C(F)F)n6)cc5)CC4)c3C2=O)C(=O)N1. The van der Waals surface area contributed by atoms with Crippen molar-refractivity contribution in [3.8, 4) is 17.1 Å². The number of halogens is 2. The average Bonchev–Trinajstić information content (AvgIpc) is 3.73. The largest absolute Gasteiger partial charge is 0.444 e. The van der Waals surface area contributed by atoms with Crippen molar-refractivity contribution in [2.75, 3.05) is 74.6 Å². The molecule has 2 aromatic carbocycles. The van der Waals surface area contributed by atoms with E-state index in [1.54, 1.807) is 48.7 Å². The van der Waals surface area contributed by atoms with Crippen LogP contribution in [0.4, 0.5) is 26.0 Å². The molecule has 4 aliphatic rings. The molecule has 3 aliphatic heterocycles. The Bertz CT molecular complexity index is 2680. The Morgan fingerprint density at radius 1 is 0.939 bits per heavy atom. The molecule has 342 valence electrons. The number of piperidine rings is 1. The van der Waals surface area contributed by atoms with Crippen LogP contribution in [0.15, 0.2) is 77.7 Å². The van der Waals surface area contributed by atoms with Crippen molar-refractivity contribution in [2.45, 2.75) is 38.2 Å². The third kappa shape index (κ3) is 9.52. The Hall–Kier alpha value is -7.39. The number of hydrogen-bond acceptors (Lipinski definition) is 14. The lowest BCUT2D eigenvalue weighted by atomic mass is 10.0. The van der Waals surface area contributed by atoms with Crippen molar-refractivity contribution in [1.29, 1.82) is 0 Å². The molecule has 66 heavy (non-hydrogen) atoms. The number of piperazine rings is 1. The van der Waals surface area contributed by atoms with Crippen LogP contribution in [0.5, 0.6) is 0 Å². The summed E-state index contributed by atoms with van der Waals surface area (Å²) in [5.41, 5.74) is 1.45. The predicted molar refractivity (Wildman–Crippen MR) is 232 cm³/mol. The molecule has 4 N–H and O–H groups in total. The summed E-state index contributed by atoms with van der Waals surface area (Å²) in [6.45, 7) is 4.89. The molecule has 1 aliphatic carbocycles. The minimum absolute atomic E-state index is 0.0486. The molecule has 1 saturated carbocycles. The Morgan fingerprint density at radius 3 is 2.50 bits per heavy atom. The van der Waals surface area contributed by atoms with Crippen LogP contribution in [-0.2, 0) is 14.3 Å². The second-order valence-corrected chi connectivity index (χ2v) is 16.3. The van der Waals surface area contributed by atoms with E-state index in [1.807, 2.05) is 4.90 Å². The topological polar surface area (TPSA) is 226 Å². The fraction of sp³-hybridized carbons (Fsp3) is 0.356. The van der Waals surface area contributed by atoms with Crippen LogP contribution in [0.1, 0.15) is 79.4 Å². The number of rotatable bonds is 17. The summed E-state index contributed by atoms with van der Waals surface area (Å²) < 4.78 is 40.7. The van der Waals surface area contributed by atoms with Gasteiger partial charge < -0.3 is 30.0 Å². The normalized spacial score (nSPS) is 17.6. The van der Waals surface area contributed by atoms with E-state index in [0.29, 0.717) is 73.6 Å². The van der Waals surface area contributed by atoms with Gasteiger partial charge in [-0.1, -0.05) is 6.07 Å². The number of carbonyl (C=O) groups is 6. The standard InChI is InChI=1S/C45H45F2N11O8/c46-39(47)38-31(51-41(61)32-25-66-43(52-32)28-12-13-48-35(22-28)50-23-26-4-5-26)24-57(54-38)29-8-6-27(7-9-29)40(60)49-14-20-65-21-19-55-15-17-56(18-16-55)33-3-1-2-30-37(33)45(64)58(44(30)63)34-10-11-36(59)53-42(34)62/h1-3,6-9,12-13,22,24-26,34,39H,4-5,10-11,14-21,23H2,(H,48,50)(H,49,60)(H,51,61)(H,53,59,62). The zero-order chi connectivity index (χ0) is 45.9. The Kier molecular flexibility index (Phi) is 12.6. The second-order valence-electron chi connectivity index (χ2n) is 16.3. The van der Waals surface area contributed by atoms with Crippen LogP contribution < -0.4 is 26.2 Å². The van der Waals surface area contributed by atoms with E-state index in [-0.39, 0.29) is 60.3 Å². The molecule has 5 aromatic rings. The number of aromatic nitrogens is 4. The van der Waals surface area contributed by atoms with Crippen molar-refractivity contribution >= 4 is 52.6 Å². The highest BCUT2D eigenvalue weighted by Crippen LogP contribution is 2.35. The van der Waals surface area contributed by atoms with Crippen molar-refractivity contribution in [3.05, 3.63) is 101 Å². The van der Waals surface area contributed by atoms with Crippen molar-refractivity contribution in [3.63, 3.8) is 0 Å². The average molecular weight is 906 g/mol. The maximum absolute atomic E-state index is 14.1. The smallest absolute Gasteiger partial charge is 0.284 e. The summed E-state index contributed by atoms with van der Waals surface area (Å²) in [6.07, 6.45) is 3.51. The number of imide groups is 2. The van der Waals surface area contributed by atoms with E-state index in [2.05, 4.69) is 41.2 Å². The van der Waals surface area contributed by atoms with Gasteiger partial charge in [0, 0.05) is 69.6 Å². The van der Waals surface area contributed by atoms with Gasteiger partial charge in [-0.2, -0.15) is 5.10 Å².